The zero-order valence-electron chi connectivity index (χ0n) is 15.9. The maximum Gasteiger partial charge on any atom is 0.347 e. The Morgan fingerprint density at radius 3 is 2.64 bits per heavy atom. The third kappa shape index (κ3) is 2.86. The number of nitrogens with zero attached hydrogens (tertiary/aromatic N) is 2. The minimum absolute atomic E-state index is 0.397. The van der Waals surface area contributed by atoms with E-state index in [9.17, 15) is 4.79 Å². The van der Waals surface area contributed by atoms with Crippen molar-refractivity contribution in [2.75, 3.05) is 31.1 Å². The van der Waals surface area contributed by atoms with E-state index in [2.05, 4.69) is 21.3 Å². The monoisotopic (exact) mass is 375 g/mol. The summed E-state index contributed by atoms with van der Waals surface area (Å²) in [5.41, 5.74) is 4.13. The average Bonchev–Trinajstić information content (AvgIpc) is 3.12. The van der Waals surface area contributed by atoms with E-state index in [1.54, 1.807) is 0 Å². The van der Waals surface area contributed by atoms with Crippen LogP contribution in [0.25, 0.3) is 33.3 Å². The molecule has 1 N–H and O–H groups in total. The largest absolute Gasteiger partial charge is 0.454 e. The molecular formula is C22H21N3O3. The molecular weight excluding hydrogens is 354 g/mol. The Morgan fingerprint density at radius 2 is 1.82 bits per heavy atom. The molecule has 0 unspecified atom stereocenters. The zero-order chi connectivity index (χ0) is 19.3. The van der Waals surface area contributed by atoms with Gasteiger partial charge < -0.3 is 19.1 Å². The molecule has 4 heterocycles. The molecule has 1 saturated heterocycles. The number of hydrogen-bond acceptors (Lipinski definition) is 6. The summed E-state index contributed by atoms with van der Waals surface area (Å²) in [4.78, 5) is 19.4. The van der Waals surface area contributed by atoms with Gasteiger partial charge in [-0.2, -0.15) is 0 Å². The van der Waals surface area contributed by atoms with Gasteiger partial charge in [-0.3, -0.25) is 4.98 Å². The molecule has 0 spiro atoms. The van der Waals surface area contributed by atoms with E-state index in [0.717, 1.165) is 54.0 Å². The van der Waals surface area contributed by atoms with Gasteiger partial charge in [0.05, 0.1) is 5.69 Å². The van der Waals surface area contributed by atoms with Crippen LogP contribution in [0.3, 0.4) is 0 Å². The van der Waals surface area contributed by atoms with Crippen LogP contribution in [0, 0.1) is 13.8 Å². The van der Waals surface area contributed by atoms with Gasteiger partial charge in [-0.15, -0.1) is 0 Å². The van der Waals surface area contributed by atoms with E-state index in [-0.39, 0.29) is 0 Å². The summed E-state index contributed by atoms with van der Waals surface area (Å²) in [5.74, 6) is 0.507. The van der Waals surface area contributed by atoms with Gasteiger partial charge in [0, 0.05) is 54.4 Å². The van der Waals surface area contributed by atoms with Gasteiger partial charge >= 0.3 is 5.63 Å². The van der Waals surface area contributed by atoms with E-state index >= 15 is 0 Å². The van der Waals surface area contributed by atoms with Gasteiger partial charge in [-0.25, -0.2) is 4.79 Å². The molecule has 0 amide bonds. The second kappa shape index (κ2) is 6.49. The molecule has 142 valence electrons. The number of hydrogen-bond donors (Lipinski definition) is 1. The van der Waals surface area contributed by atoms with Crippen LogP contribution < -0.4 is 15.8 Å². The maximum absolute atomic E-state index is 12.7. The van der Waals surface area contributed by atoms with Crippen LogP contribution in [0.5, 0.6) is 0 Å². The maximum atomic E-state index is 12.7. The normalized spacial score (nSPS) is 14.9. The minimum atomic E-state index is -0.397. The number of furan rings is 1. The first-order valence-corrected chi connectivity index (χ1v) is 9.50. The Balaban J connectivity index is 1.60. The van der Waals surface area contributed by atoms with Crippen molar-refractivity contribution in [1.82, 2.24) is 10.3 Å². The topological polar surface area (TPSA) is 71.5 Å². The van der Waals surface area contributed by atoms with Crippen molar-refractivity contribution in [3.8, 4) is 11.3 Å². The third-order valence-corrected chi connectivity index (χ3v) is 5.27. The number of anilines is 1. The van der Waals surface area contributed by atoms with Crippen LogP contribution in [0.4, 0.5) is 5.69 Å². The fourth-order valence-corrected chi connectivity index (χ4v) is 3.89. The van der Waals surface area contributed by atoms with E-state index in [0.29, 0.717) is 22.5 Å². The van der Waals surface area contributed by atoms with Gasteiger partial charge in [0.2, 0.25) is 0 Å². The van der Waals surface area contributed by atoms with E-state index < -0.39 is 5.63 Å². The summed E-state index contributed by atoms with van der Waals surface area (Å²) in [6, 6.07) is 11.7. The van der Waals surface area contributed by atoms with Crippen LogP contribution >= 0.6 is 0 Å². The Labute approximate surface area is 161 Å². The summed E-state index contributed by atoms with van der Waals surface area (Å²) >= 11 is 0. The van der Waals surface area contributed by atoms with E-state index in [1.165, 1.54) is 0 Å². The quantitative estimate of drug-likeness (QED) is 0.540. The fraction of sp³-hybridized carbons (Fsp3) is 0.273. The van der Waals surface area contributed by atoms with Crippen LogP contribution in [-0.2, 0) is 0 Å². The molecule has 6 nitrogen and oxygen atoms in total. The molecule has 1 fully saturated rings. The molecule has 0 atom stereocenters. The van der Waals surface area contributed by atoms with Crippen LogP contribution in [0.2, 0.25) is 0 Å². The van der Waals surface area contributed by atoms with Gasteiger partial charge in [0.1, 0.15) is 16.9 Å². The Bertz CT molecular complexity index is 1250. The lowest BCUT2D eigenvalue weighted by molar-refractivity contribution is 0.554. The number of pyridine rings is 1. The predicted octanol–water partition coefficient (Wildman–Crippen LogP) is 3.63. The first kappa shape index (κ1) is 17.0. The van der Waals surface area contributed by atoms with Crippen LogP contribution in [0.1, 0.15) is 11.4 Å². The molecule has 1 aliphatic rings. The van der Waals surface area contributed by atoms with Crippen molar-refractivity contribution in [1.29, 1.82) is 0 Å². The second-order valence-electron chi connectivity index (χ2n) is 7.28. The van der Waals surface area contributed by atoms with Crippen molar-refractivity contribution >= 4 is 27.6 Å². The number of aromatic nitrogens is 1. The predicted molar refractivity (Wildman–Crippen MR) is 110 cm³/mol. The highest BCUT2D eigenvalue weighted by Gasteiger charge is 2.16. The number of nitrogens with one attached hydrogen (secondary N) is 1. The molecule has 0 saturated carbocycles. The summed E-state index contributed by atoms with van der Waals surface area (Å²) in [6.45, 7) is 7.66. The summed E-state index contributed by atoms with van der Waals surface area (Å²) in [5, 5.41) is 5.16. The molecule has 3 aromatic heterocycles. The first-order chi connectivity index (χ1) is 13.6. The first-order valence-electron chi connectivity index (χ1n) is 9.50. The molecule has 5 rings (SSSR count). The number of fused-ring (bicyclic) bond motifs is 2. The van der Waals surface area contributed by atoms with Crippen molar-refractivity contribution in [3.05, 3.63) is 58.2 Å². The van der Waals surface area contributed by atoms with Gasteiger partial charge in [0.25, 0.3) is 0 Å². The minimum Gasteiger partial charge on any atom is -0.454 e. The van der Waals surface area contributed by atoms with Crippen LogP contribution in [0.15, 0.2) is 50.0 Å². The van der Waals surface area contributed by atoms with Gasteiger partial charge in [-0.1, -0.05) is 0 Å². The standard InChI is InChI=1S/C22H21N3O3/c1-13-9-16-11-20(27-21(16)14(2)24-13)18-10-15-3-4-17(12-19(15)28-22(18)26)25-7-5-23-6-8-25/h3-4,9-12,23H,5-8H2,1-2H3. The molecule has 1 aromatic carbocycles. The Hall–Kier alpha value is -3.12. The molecule has 4 aromatic rings. The molecule has 1 aliphatic heterocycles. The number of benzene rings is 1. The smallest absolute Gasteiger partial charge is 0.347 e. The van der Waals surface area contributed by atoms with E-state index in [1.807, 2.05) is 44.2 Å². The second-order valence-corrected chi connectivity index (χ2v) is 7.28. The van der Waals surface area contributed by atoms with Crippen molar-refractivity contribution in [2.24, 2.45) is 0 Å². The van der Waals surface area contributed by atoms with Crippen molar-refractivity contribution in [2.45, 2.75) is 13.8 Å². The SMILES string of the molecule is Cc1cc2cc(-c3cc4ccc(N5CCNCC5)cc4oc3=O)oc2c(C)n1. The molecule has 0 aliphatic carbocycles. The number of aryl methyl sites for hydroxylation is 2. The van der Waals surface area contributed by atoms with Crippen molar-refractivity contribution in [3.63, 3.8) is 0 Å². The summed E-state index contributed by atoms with van der Waals surface area (Å²) < 4.78 is 11.6. The van der Waals surface area contributed by atoms with Crippen molar-refractivity contribution < 1.29 is 8.83 Å². The van der Waals surface area contributed by atoms with E-state index in [4.69, 9.17) is 8.83 Å². The third-order valence-electron chi connectivity index (χ3n) is 5.27. The molecule has 0 radical (unpaired) electrons. The molecule has 28 heavy (non-hydrogen) atoms. The highest BCUT2D eigenvalue weighted by atomic mass is 16.4. The lowest BCUT2D eigenvalue weighted by Gasteiger charge is -2.29. The summed E-state index contributed by atoms with van der Waals surface area (Å²) in [7, 11) is 0. The Morgan fingerprint density at radius 1 is 1.00 bits per heavy atom. The average molecular weight is 375 g/mol. The Kier molecular flexibility index (Phi) is 3.94. The fourth-order valence-electron chi connectivity index (χ4n) is 3.89. The van der Waals surface area contributed by atoms with Gasteiger partial charge in [-0.05, 0) is 44.2 Å². The highest BCUT2D eigenvalue weighted by Crippen LogP contribution is 2.30. The summed E-state index contributed by atoms with van der Waals surface area (Å²) in [6.07, 6.45) is 0. The lowest BCUT2D eigenvalue weighted by atomic mass is 10.1. The lowest BCUT2D eigenvalue weighted by Crippen LogP contribution is -2.43. The van der Waals surface area contributed by atoms with Gasteiger partial charge in [0.15, 0.2) is 5.58 Å². The van der Waals surface area contributed by atoms with Crippen LogP contribution in [-0.4, -0.2) is 31.2 Å². The molecule has 6 heteroatoms. The zero-order valence-corrected chi connectivity index (χ0v) is 15.9. The number of piperazine rings is 1. The highest BCUT2D eigenvalue weighted by molar-refractivity contribution is 5.88. The number of rotatable bonds is 2. The molecule has 0 bridgehead atoms.